The van der Waals surface area contributed by atoms with Crippen LogP contribution in [0.1, 0.15) is 0 Å². The average molecular weight is 186 g/mol. The standard InChI is InChI=1S/C8H10O5/c1-5(10)7(11)4-6(2-3-9)8(12)13/h2,4,9-11H,1,3H2,(H,12,13)/b6-2+,7-4+. The van der Waals surface area contributed by atoms with Gasteiger partial charge in [0.2, 0.25) is 0 Å². The Bertz CT molecular complexity index is 274. The lowest BCUT2D eigenvalue weighted by Gasteiger charge is -1.97. The van der Waals surface area contributed by atoms with Gasteiger partial charge >= 0.3 is 5.97 Å². The van der Waals surface area contributed by atoms with Gasteiger partial charge in [0, 0.05) is 0 Å². The van der Waals surface area contributed by atoms with Crippen LogP contribution in [-0.4, -0.2) is 33.0 Å². The molecule has 0 aliphatic heterocycles. The zero-order chi connectivity index (χ0) is 10.4. The van der Waals surface area contributed by atoms with E-state index in [1.165, 1.54) is 0 Å². The molecular weight excluding hydrogens is 176 g/mol. The minimum absolute atomic E-state index is 0.324. The molecule has 0 aliphatic rings. The Balaban J connectivity index is 4.81. The molecule has 0 aromatic rings. The van der Waals surface area contributed by atoms with Gasteiger partial charge in [-0.2, -0.15) is 0 Å². The van der Waals surface area contributed by atoms with Gasteiger partial charge in [-0.05, 0) is 12.2 Å². The Kier molecular flexibility index (Phi) is 4.32. The molecule has 4 N–H and O–H groups in total. The average Bonchev–Trinajstić information content (AvgIpc) is 2.03. The zero-order valence-electron chi connectivity index (χ0n) is 6.77. The number of carboxylic acids is 1. The zero-order valence-corrected chi connectivity index (χ0v) is 6.77. The van der Waals surface area contributed by atoms with E-state index in [2.05, 4.69) is 6.58 Å². The molecule has 0 aliphatic carbocycles. The number of hydrogen-bond acceptors (Lipinski definition) is 4. The van der Waals surface area contributed by atoms with E-state index in [4.69, 9.17) is 20.4 Å². The predicted molar refractivity (Wildman–Crippen MR) is 45.3 cm³/mol. The smallest absolute Gasteiger partial charge is 0.335 e. The van der Waals surface area contributed by atoms with Crippen molar-refractivity contribution in [2.75, 3.05) is 6.61 Å². The van der Waals surface area contributed by atoms with E-state index in [0.29, 0.717) is 0 Å². The number of carbonyl (C=O) groups is 1. The molecule has 0 rings (SSSR count). The van der Waals surface area contributed by atoms with E-state index in [0.717, 1.165) is 12.2 Å². The molecule has 0 radical (unpaired) electrons. The summed E-state index contributed by atoms with van der Waals surface area (Å²) in [5.74, 6) is -2.60. The van der Waals surface area contributed by atoms with Crippen molar-refractivity contribution in [1.29, 1.82) is 0 Å². The third-order valence-electron chi connectivity index (χ3n) is 1.15. The first kappa shape index (κ1) is 11.2. The molecular formula is C8H10O5. The minimum Gasteiger partial charge on any atom is -0.505 e. The second-order valence-corrected chi connectivity index (χ2v) is 2.12. The van der Waals surface area contributed by atoms with Crippen molar-refractivity contribution in [3.8, 4) is 0 Å². The SMILES string of the molecule is C=C(O)/C(O)=C\C(=C/CO)C(=O)O. The number of hydrogen-bond donors (Lipinski definition) is 4. The molecule has 0 saturated heterocycles. The fourth-order valence-electron chi connectivity index (χ4n) is 0.537. The molecule has 0 heterocycles. The van der Waals surface area contributed by atoms with Crippen LogP contribution in [0.3, 0.4) is 0 Å². The molecule has 0 aromatic carbocycles. The highest BCUT2D eigenvalue weighted by Gasteiger charge is 2.06. The minimum atomic E-state index is -1.32. The quantitative estimate of drug-likeness (QED) is 0.291. The van der Waals surface area contributed by atoms with Crippen LogP contribution in [0.25, 0.3) is 0 Å². The molecule has 0 amide bonds. The van der Waals surface area contributed by atoms with Crippen molar-refractivity contribution < 1.29 is 25.2 Å². The molecule has 0 saturated carbocycles. The van der Waals surface area contributed by atoms with Crippen molar-refractivity contribution in [3.63, 3.8) is 0 Å². The van der Waals surface area contributed by atoms with Crippen LogP contribution in [0.4, 0.5) is 0 Å². The first-order chi connectivity index (χ1) is 5.99. The maximum Gasteiger partial charge on any atom is 0.335 e. The number of aliphatic carboxylic acids is 1. The van der Waals surface area contributed by atoms with Gasteiger partial charge in [0.25, 0.3) is 0 Å². The van der Waals surface area contributed by atoms with E-state index in [1.807, 2.05) is 0 Å². The largest absolute Gasteiger partial charge is 0.505 e. The summed E-state index contributed by atoms with van der Waals surface area (Å²) < 4.78 is 0. The van der Waals surface area contributed by atoms with Crippen LogP contribution in [0.2, 0.25) is 0 Å². The van der Waals surface area contributed by atoms with Gasteiger partial charge in [-0.25, -0.2) is 4.79 Å². The first-order valence-corrected chi connectivity index (χ1v) is 3.32. The molecule has 0 spiro atoms. The lowest BCUT2D eigenvalue weighted by molar-refractivity contribution is -0.132. The Hall–Kier alpha value is -1.75. The van der Waals surface area contributed by atoms with E-state index in [-0.39, 0.29) is 5.57 Å². The van der Waals surface area contributed by atoms with E-state index >= 15 is 0 Å². The number of carboxylic acid groups (broad SMARTS) is 1. The lowest BCUT2D eigenvalue weighted by atomic mass is 10.2. The highest BCUT2D eigenvalue weighted by Crippen LogP contribution is 2.05. The Labute approximate surface area is 74.6 Å². The summed E-state index contributed by atoms with van der Waals surface area (Å²) in [5.41, 5.74) is -0.324. The van der Waals surface area contributed by atoms with Gasteiger partial charge < -0.3 is 20.4 Å². The number of aliphatic hydroxyl groups excluding tert-OH is 3. The van der Waals surface area contributed by atoms with Gasteiger partial charge in [0.05, 0.1) is 12.2 Å². The molecule has 5 nitrogen and oxygen atoms in total. The number of rotatable bonds is 4. The topological polar surface area (TPSA) is 98.0 Å². The molecule has 5 heteroatoms. The van der Waals surface area contributed by atoms with Gasteiger partial charge in [-0.3, -0.25) is 0 Å². The van der Waals surface area contributed by atoms with Crippen LogP contribution in [0.15, 0.2) is 35.8 Å². The molecule has 0 unspecified atom stereocenters. The molecule has 72 valence electrons. The third-order valence-corrected chi connectivity index (χ3v) is 1.15. The maximum atomic E-state index is 10.4. The summed E-state index contributed by atoms with van der Waals surface area (Å²) in [7, 11) is 0. The highest BCUT2D eigenvalue weighted by atomic mass is 16.4. The normalized spacial score (nSPS) is 12.7. The summed E-state index contributed by atoms with van der Waals surface area (Å²) in [6, 6.07) is 0. The van der Waals surface area contributed by atoms with Gasteiger partial charge in [-0.15, -0.1) is 0 Å². The van der Waals surface area contributed by atoms with Crippen LogP contribution >= 0.6 is 0 Å². The second-order valence-electron chi connectivity index (χ2n) is 2.12. The summed E-state index contributed by atoms with van der Waals surface area (Å²) in [6.45, 7) is 2.51. The fraction of sp³-hybridized carbons (Fsp3) is 0.125. The maximum absolute atomic E-state index is 10.4. The van der Waals surface area contributed by atoms with Crippen LogP contribution in [-0.2, 0) is 4.79 Å². The lowest BCUT2D eigenvalue weighted by Crippen LogP contribution is -2.00. The molecule has 0 atom stereocenters. The van der Waals surface area contributed by atoms with Crippen LogP contribution in [0.5, 0.6) is 0 Å². The molecule has 0 bridgehead atoms. The van der Waals surface area contributed by atoms with Gasteiger partial charge in [0.15, 0.2) is 5.76 Å². The van der Waals surface area contributed by atoms with E-state index < -0.39 is 24.1 Å². The number of aliphatic hydroxyl groups is 3. The second kappa shape index (κ2) is 5.00. The summed E-state index contributed by atoms with van der Waals surface area (Å²) in [5, 5.41) is 34.4. The van der Waals surface area contributed by atoms with E-state index in [1.54, 1.807) is 0 Å². The van der Waals surface area contributed by atoms with Crippen molar-refractivity contribution in [2.45, 2.75) is 0 Å². The Morgan fingerprint density at radius 1 is 1.31 bits per heavy atom. The monoisotopic (exact) mass is 186 g/mol. The summed E-state index contributed by atoms with van der Waals surface area (Å²) in [4.78, 5) is 10.4. The summed E-state index contributed by atoms with van der Waals surface area (Å²) in [6.07, 6.45) is 1.77. The molecule has 0 aromatic heterocycles. The predicted octanol–water partition coefficient (Wildman–Crippen LogP) is 0.503. The van der Waals surface area contributed by atoms with Crippen molar-refractivity contribution in [1.82, 2.24) is 0 Å². The summed E-state index contributed by atoms with van der Waals surface area (Å²) >= 11 is 0. The first-order valence-electron chi connectivity index (χ1n) is 3.32. The highest BCUT2D eigenvalue weighted by molar-refractivity contribution is 5.90. The Morgan fingerprint density at radius 2 is 1.85 bits per heavy atom. The Morgan fingerprint density at radius 3 is 2.15 bits per heavy atom. The van der Waals surface area contributed by atoms with E-state index in [9.17, 15) is 4.79 Å². The van der Waals surface area contributed by atoms with Gasteiger partial charge in [-0.1, -0.05) is 6.58 Å². The van der Waals surface area contributed by atoms with Crippen molar-refractivity contribution in [3.05, 3.63) is 35.8 Å². The fourth-order valence-corrected chi connectivity index (χ4v) is 0.537. The van der Waals surface area contributed by atoms with Gasteiger partial charge in [0.1, 0.15) is 5.76 Å². The van der Waals surface area contributed by atoms with Crippen molar-refractivity contribution in [2.24, 2.45) is 0 Å². The van der Waals surface area contributed by atoms with Crippen LogP contribution in [0, 0.1) is 0 Å². The van der Waals surface area contributed by atoms with Crippen LogP contribution < -0.4 is 0 Å². The van der Waals surface area contributed by atoms with Crippen molar-refractivity contribution >= 4 is 5.97 Å². The molecule has 0 fully saturated rings. The third kappa shape index (κ3) is 3.97. The molecule has 13 heavy (non-hydrogen) atoms.